The quantitative estimate of drug-likeness (QED) is 0.503. The van der Waals surface area contributed by atoms with E-state index in [1.807, 2.05) is 25.4 Å². The number of hydrogen-bond acceptors (Lipinski definition) is 4. The average molecular weight is 361 g/mol. The molecule has 0 N–H and O–H groups in total. The third-order valence-corrected chi connectivity index (χ3v) is 4.60. The molecular formula is C22H20FN3O. The lowest BCUT2D eigenvalue weighted by molar-refractivity contribution is 0.314. The molecule has 27 heavy (non-hydrogen) atoms. The molecule has 0 aliphatic heterocycles. The van der Waals surface area contributed by atoms with E-state index in [0.717, 1.165) is 23.4 Å². The summed E-state index contributed by atoms with van der Waals surface area (Å²) in [5.41, 5.74) is 2.75. The van der Waals surface area contributed by atoms with Gasteiger partial charge in [-0.25, -0.2) is 9.37 Å². The lowest BCUT2D eigenvalue weighted by Gasteiger charge is -2.17. The van der Waals surface area contributed by atoms with Gasteiger partial charge in [0.1, 0.15) is 11.6 Å². The Kier molecular flexibility index (Phi) is 4.69. The molecule has 4 rings (SSSR count). The van der Waals surface area contributed by atoms with Gasteiger partial charge < -0.3 is 4.42 Å². The average Bonchev–Trinajstić information content (AvgIpc) is 3.02. The van der Waals surface area contributed by atoms with Gasteiger partial charge in [-0.1, -0.05) is 24.3 Å². The molecule has 0 amide bonds. The normalized spacial score (nSPS) is 11.4. The lowest BCUT2D eigenvalue weighted by atomic mass is 10.1. The van der Waals surface area contributed by atoms with Crippen LogP contribution in [0.25, 0.3) is 22.2 Å². The van der Waals surface area contributed by atoms with Gasteiger partial charge in [0.15, 0.2) is 0 Å². The van der Waals surface area contributed by atoms with E-state index in [0.29, 0.717) is 18.0 Å². The molecule has 0 spiro atoms. The monoisotopic (exact) mass is 361 g/mol. The molecule has 4 nitrogen and oxygen atoms in total. The van der Waals surface area contributed by atoms with Crippen molar-refractivity contribution >= 4 is 10.8 Å². The maximum Gasteiger partial charge on any atom is 0.226 e. The number of halogens is 1. The molecule has 2 aromatic heterocycles. The molecule has 0 aliphatic carbocycles. The van der Waals surface area contributed by atoms with Crippen molar-refractivity contribution in [3.05, 3.63) is 83.8 Å². The summed E-state index contributed by atoms with van der Waals surface area (Å²) >= 11 is 0. The van der Waals surface area contributed by atoms with Gasteiger partial charge in [0.05, 0.1) is 5.69 Å². The zero-order chi connectivity index (χ0) is 18.8. The Labute approximate surface area is 157 Å². The van der Waals surface area contributed by atoms with Crippen LogP contribution in [0.5, 0.6) is 0 Å². The Morgan fingerprint density at radius 3 is 2.78 bits per heavy atom. The molecule has 0 saturated heterocycles. The van der Waals surface area contributed by atoms with Gasteiger partial charge >= 0.3 is 0 Å². The van der Waals surface area contributed by atoms with Crippen LogP contribution >= 0.6 is 0 Å². The molecule has 4 aromatic rings. The second kappa shape index (κ2) is 7.29. The molecule has 136 valence electrons. The molecule has 2 heterocycles. The minimum Gasteiger partial charge on any atom is -0.441 e. The fraction of sp³-hybridized carbons (Fsp3) is 0.182. The Morgan fingerprint density at radius 1 is 1.07 bits per heavy atom. The smallest absolute Gasteiger partial charge is 0.226 e. The first-order valence-corrected chi connectivity index (χ1v) is 8.82. The van der Waals surface area contributed by atoms with Gasteiger partial charge in [-0.05, 0) is 49.2 Å². The first-order chi connectivity index (χ1) is 13.1. The van der Waals surface area contributed by atoms with E-state index in [4.69, 9.17) is 4.42 Å². The number of benzene rings is 2. The highest BCUT2D eigenvalue weighted by molar-refractivity contribution is 5.84. The van der Waals surface area contributed by atoms with E-state index in [1.54, 1.807) is 12.1 Å². The van der Waals surface area contributed by atoms with Crippen molar-refractivity contribution < 1.29 is 8.81 Å². The van der Waals surface area contributed by atoms with Gasteiger partial charge in [-0.15, -0.1) is 0 Å². The molecule has 0 radical (unpaired) electrons. The minimum absolute atomic E-state index is 0.299. The third kappa shape index (κ3) is 3.73. The molecule has 2 aromatic carbocycles. The Morgan fingerprint density at radius 2 is 1.93 bits per heavy atom. The highest BCUT2D eigenvalue weighted by Crippen LogP contribution is 2.24. The van der Waals surface area contributed by atoms with E-state index >= 15 is 0 Å². The summed E-state index contributed by atoms with van der Waals surface area (Å²) < 4.78 is 19.2. The first-order valence-electron chi connectivity index (χ1n) is 8.82. The third-order valence-electron chi connectivity index (χ3n) is 4.60. The molecule has 0 saturated carbocycles. The van der Waals surface area contributed by atoms with Crippen molar-refractivity contribution in [3.8, 4) is 11.5 Å². The van der Waals surface area contributed by atoms with E-state index in [9.17, 15) is 4.39 Å². The van der Waals surface area contributed by atoms with Crippen LogP contribution in [0.1, 0.15) is 17.0 Å². The molecule has 5 heteroatoms. The highest BCUT2D eigenvalue weighted by atomic mass is 19.1. The molecule has 0 bridgehead atoms. The highest BCUT2D eigenvalue weighted by Gasteiger charge is 2.14. The van der Waals surface area contributed by atoms with Crippen LogP contribution in [0.4, 0.5) is 4.39 Å². The number of rotatable bonds is 5. The van der Waals surface area contributed by atoms with E-state index in [2.05, 4.69) is 40.1 Å². The predicted molar refractivity (Wildman–Crippen MR) is 104 cm³/mol. The summed E-state index contributed by atoms with van der Waals surface area (Å²) in [7, 11) is 2.05. The summed E-state index contributed by atoms with van der Waals surface area (Å²) in [5, 5.41) is 2.34. The second-order valence-electron chi connectivity index (χ2n) is 6.72. The van der Waals surface area contributed by atoms with Crippen LogP contribution in [0.2, 0.25) is 0 Å². The first kappa shape index (κ1) is 17.4. The van der Waals surface area contributed by atoms with Crippen LogP contribution in [-0.2, 0) is 13.1 Å². The van der Waals surface area contributed by atoms with Gasteiger partial charge in [0.25, 0.3) is 0 Å². The Balaban J connectivity index is 1.54. The van der Waals surface area contributed by atoms with Crippen molar-refractivity contribution in [1.82, 2.24) is 14.9 Å². The summed E-state index contributed by atoms with van der Waals surface area (Å²) in [6.45, 7) is 3.32. The van der Waals surface area contributed by atoms with Gasteiger partial charge in [-0.3, -0.25) is 9.88 Å². The summed E-state index contributed by atoms with van der Waals surface area (Å²) in [6.07, 6.45) is 3.70. The van der Waals surface area contributed by atoms with Crippen LogP contribution in [0.15, 0.2) is 65.3 Å². The number of oxazole rings is 1. The van der Waals surface area contributed by atoms with Crippen LogP contribution < -0.4 is 0 Å². The number of hydrogen-bond donors (Lipinski definition) is 0. The minimum atomic E-state index is -0.299. The standard InChI is InChI=1S/C22H20FN3O/c1-15-21(25-22(27-15)16-5-4-8-19(23)11-16)14-26(2)13-18-7-3-6-17-12-24-10-9-20(17)18/h3-12H,13-14H2,1-2H3. The lowest BCUT2D eigenvalue weighted by Crippen LogP contribution is -2.18. The number of fused-ring (bicyclic) bond motifs is 1. The van der Waals surface area contributed by atoms with Gasteiger partial charge in [0, 0.05) is 36.4 Å². The molecule has 0 fully saturated rings. The van der Waals surface area contributed by atoms with Crippen molar-refractivity contribution in [2.45, 2.75) is 20.0 Å². The maximum atomic E-state index is 13.5. The van der Waals surface area contributed by atoms with E-state index in [1.165, 1.54) is 23.1 Å². The maximum absolute atomic E-state index is 13.5. The number of pyridine rings is 1. The molecular weight excluding hydrogens is 341 g/mol. The molecule has 0 aliphatic rings. The largest absolute Gasteiger partial charge is 0.441 e. The Hall–Kier alpha value is -3.05. The fourth-order valence-electron chi connectivity index (χ4n) is 3.25. The van der Waals surface area contributed by atoms with E-state index in [-0.39, 0.29) is 5.82 Å². The zero-order valence-corrected chi connectivity index (χ0v) is 15.3. The van der Waals surface area contributed by atoms with Crippen LogP contribution in [0.3, 0.4) is 0 Å². The number of nitrogens with zero attached hydrogens (tertiary/aromatic N) is 3. The van der Waals surface area contributed by atoms with Gasteiger partial charge in [0.2, 0.25) is 5.89 Å². The SMILES string of the molecule is Cc1oc(-c2cccc(F)c2)nc1CN(C)Cc1cccc2cnccc12. The molecule has 0 unspecified atom stereocenters. The summed E-state index contributed by atoms with van der Waals surface area (Å²) in [6, 6.07) is 14.6. The topological polar surface area (TPSA) is 42.2 Å². The number of aromatic nitrogens is 2. The molecule has 0 atom stereocenters. The second-order valence-corrected chi connectivity index (χ2v) is 6.72. The zero-order valence-electron chi connectivity index (χ0n) is 15.3. The van der Waals surface area contributed by atoms with Crippen molar-refractivity contribution in [3.63, 3.8) is 0 Å². The van der Waals surface area contributed by atoms with Crippen molar-refractivity contribution in [2.24, 2.45) is 0 Å². The van der Waals surface area contributed by atoms with Crippen molar-refractivity contribution in [1.29, 1.82) is 0 Å². The van der Waals surface area contributed by atoms with Crippen LogP contribution in [-0.4, -0.2) is 21.9 Å². The summed E-state index contributed by atoms with van der Waals surface area (Å²) in [5.74, 6) is 0.905. The Bertz CT molecular complexity index is 1080. The van der Waals surface area contributed by atoms with Crippen LogP contribution in [0, 0.1) is 12.7 Å². The summed E-state index contributed by atoms with van der Waals surface area (Å²) in [4.78, 5) is 11.0. The number of aryl methyl sites for hydroxylation is 1. The predicted octanol–water partition coefficient (Wildman–Crippen LogP) is 4.97. The van der Waals surface area contributed by atoms with E-state index < -0.39 is 0 Å². The fourth-order valence-corrected chi connectivity index (χ4v) is 3.25. The van der Waals surface area contributed by atoms with Crippen molar-refractivity contribution in [2.75, 3.05) is 7.05 Å². The van der Waals surface area contributed by atoms with Gasteiger partial charge in [-0.2, -0.15) is 0 Å².